The van der Waals surface area contributed by atoms with E-state index in [1.165, 1.54) is 89.9 Å². The molecule has 0 aliphatic carbocycles. The number of unbranched alkanes of at least 4 members (excludes halogenated alkanes) is 12. The summed E-state index contributed by atoms with van der Waals surface area (Å²) in [5, 5.41) is 12.2. The molecule has 0 aliphatic rings. The molecule has 0 spiro atoms. The Morgan fingerprint density at radius 1 is 0.591 bits per heavy atom. The third-order valence-electron chi connectivity index (χ3n) is 4.89. The van der Waals surface area contributed by atoms with Crippen LogP contribution in [0.25, 0.3) is 0 Å². The molecule has 0 bridgehead atoms. The molecular formula is C20H43NO. The molecule has 2 heteroatoms. The maximum Gasteiger partial charge on any atom is 0.0869 e. The summed E-state index contributed by atoms with van der Waals surface area (Å²) in [6.07, 6.45) is 21.2. The Balaban J connectivity index is 3.45. The topological polar surface area (TPSA) is 27.5 Å². The number of nitrogens with one attached hydrogen (secondary N) is 1. The van der Waals surface area contributed by atoms with E-state index in [4.69, 9.17) is 0 Å². The molecule has 2 nitrogen and oxygen atoms in total. The highest BCUT2D eigenvalue weighted by Gasteiger charge is 2.11. The standard InChI is InChI=1S/C20H43NO/c1-4-6-8-10-11-12-13-15-17-19-20(21(3)22)18-16-14-9-7-5-2/h20-21H,4-19H2,1-3H3. The van der Waals surface area contributed by atoms with Gasteiger partial charge in [-0.1, -0.05) is 90.9 Å². The van der Waals surface area contributed by atoms with Gasteiger partial charge in [0, 0.05) is 0 Å². The van der Waals surface area contributed by atoms with E-state index >= 15 is 0 Å². The number of quaternary nitrogens is 1. The molecular weight excluding hydrogens is 270 g/mol. The molecule has 134 valence electrons. The van der Waals surface area contributed by atoms with Crippen molar-refractivity contribution in [2.75, 3.05) is 7.05 Å². The summed E-state index contributed by atoms with van der Waals surface area (Å²) in [4.78, 5) is 0. The van der Waals surface area contributed by atoms with E-state index < -0.39 is 0 Å². The lowest BCUT2D eigenvalue weighted by atomic mass is 10.00. The van der Waals surface area contributed by atoms with Crippen molar-refractivity contribution in [3.63, 3.8) is 0 Å². The van der Waals surface area contributed by atoms with Crippen LogP contribution < -0.4 is 5.06 Å². The molecule has 0 aromatic carbocycles. The fourth-order valence-corrected chi connectivity index (χ4v) is 3.25. The van der Waals surface area contributed by atoms with Crippen LogP contribution in [0, 0.1) is 5.21 Å². The molecule has 0 radical (unpaired) electrons. The number of hydroxylamine groups is 2. The van der Waals surface area contributed by atoms with E-state index in [0.717, 1.165) is 12.8 Å². The Kier molecular flexibility index (Phi) is 17.2. The van der Waals surface area contributed by atoms with Crippen molar-refractivity contribution in [3.8, 4) is 0 Å². The molecule has 0 aromatic rings. The highest BCUT2D eigenvalue weighted by molar-refractivity contribution is 4.58. The first-order valence-corrected chi connectivity index (χ1v) is 10.2. The lowest BCUT2D eigenvalue weighted by Gasteiger charge is -2.28. The van der Waals surface area contributed by atoms with Gasteiger partial charge < -0.3 is 10.3 Å². The van der Waals surface area contributed by atoms with Gasteiger partial charge in [0.05, 0.1) is 13.1 Å². The van der Waals surface area contributed by atoms with Gasteiger partial charge >= 0.3 is 0 Å². The first-order valence-electron chi connectivity index (χ1n) is 10.2. The van der Waals surface area contributed by atoms with E-state index in [0.29, 0.717) is 11.1 Å². The van der Waals surface area contributed by atoms with Crippen molar-refractivity contribution < 1.29 is 5.06 Å². The monoisotopic (exact) mass is 313 g/mol. The maximum atomic E-state index is 11.7. The first-order chi connectivity index (χ1) is 10.7. The Bertz CT molecular complexity index is 206. The van der Waals surface area contributed by atoms with E-state index in [1.54, 1.807) is 7.05 Å². The molecule has 2 atom stereocenters. The van der Waals surface area contributed by atoms with Crippen molar-refractivity contribution in [3.05, 3.63) is 5.21 Å². The van der Waals surface area contributed by atoms with Crippen LogP contribution in [0.5, 0.6) is 0 Å². The first kappa shape index (κ1) is 21.9. The second-order valence-corrected chi connectivity index (χ2v) is 7.13. The molecule has 2 unspecified atom stereocenters. The smallest absolute Gasteiger partial charge is 0.0869 e. The van der Waals surface area contributed by atoms with E-state index in [1.807, 2.05) is 0 Å². The van der Waals surface area contributed by atoms with E-state index in [9.17, 15) is 5.21 Å². The fourth-order valence-electron chi connectivity index (χ4n) is 3.25. The minimum atomic E-state index is 0.353. The zero-order valence-electron chi connectivity index (χ0n) is 15.8. The second kappa shape index (κ2) is 17.3. The van der Waals surface area contributed by atoms with Crippen molar-refractivity contribution in [2.45, 2.75) is 123 Å². The zero-order valence-corrected chi connectivity index (χ0v) is 15.8. The summed E-state index contributed by atoms with van der Waals surface area (Å²) in [6.45, 7) is 4.53. The van der Waals surface area contributed by atoms with Crippen LogP contribution >= 0.6 is 0 Å². The van der Waals surface area contributed by atoms with Gasteiger partial charge in [-0.25, -0.2) is 0 Å². The highest BCUT2D eigenvalue weighted by Crippen LogP contribution is 2.13. The van der Waals surface area contributed by atoms with Crippen molar-refractivity contribution in [2.24, 2.45) is 0 Å². The maximum absolute atomic E-state index is 11.7. The number of hydrogen-bond donors (Lipinski definition) is 1. The predicted octanol–water partition coefficient (Wildman–Crippen LogP) is 5.65. The molecule has 0 aliphatic heterocycles. The molecule has 0 rings (SSSR count). The lowest BCUT2D eigenvalue weighted by Crippen LogP contribution is -3.08. The summed E-state index contributed by atoms with van der Waals surface area (Å²) in [7, 11) is 1.80. The minimum Gasteiger partial charge on any atom is -0.634 e. The Morgan fingerprint density at radius 2 is 0.909 bits per heavy atom. The summed E-state index contributed by atoms with van der Waals surface area (Å²) < 4.78 is 0. The molecule has 22 heavy (non-hydrogen) atoms. The summed E-state index contributed by atoms with van der Waals surface area (Å²) in [5.74, 6) is 0. The van der Waals surface area contributed by atoms with Crippen LogP contribution in [0.4, 0.5) is 0 Å². The molecule has 0 saturated heterocycles. The third kappa shape index (κ3) is 14.8. The third-order valence-corrected chi connectivity index (χ3v) is 4.89. The van der Waals surface area contributed by atoms with E-state index in [2.05, 4.69) is 13.8 Å². The lowest BCUT2D eigenvalue weighted by molar-refractivity contribution is -0.855. The largest absolute Gasteiger partial charge is 0.634 e. The van der Waals surface area contributed by atoms with Crippen LogP contribution in [0.15, 0.2) is 0 Å². The average molecular weight is 314 g/mol. The minimum absolute atomic E-state index is 0.353. The Morgan fingerprint density at radius 3 is 1.23 bits per heavy atom. The zero-order chi connectivity index (χ0) is 16.5. The van der Waals surface area contributed by atoms with Crippen molar-refractivity contribution in [1.29, 1.82) is 0 Å². The van der Waals surface area contributed by atoms with Crippen LogP contribution in [0.3, 0.4) is 0 Å². The molecule has 1 N–H and O–H groups in total. The van der Waals surface area contributed by atoms with Gasteiger partial charge in [0.15, 0.2) is 0 Å². The number of rotatable bonds is 17. The Labute approximate surface area is 140 Å². The van der Waals surface area contributed by atoms with Gasteiger partial charge in [0.1, 0.15) is 0 Å². The van der Waals surface area contributed by atoms with Gasteiger partial charge in [0.25, 0.3) is 0 Å². The van der Waals surface area contributed by atoms with Crippen LogP contribution in [-0.4, -0.2) is 13.1 Å². The fraction of sp³-hybridized carbons (Fsp3) is 1.00. The predicted molar refractivity (Wildman–Crippen MR) is 99.3 cm³/mol. The van der Waals surface area contributed by atoms with Gasteiger partial charge in [-0.05, 0) is 25.7 Å². The molecule has 0 amide bonds. The van der Waals surface area contributed by atoms with Gasteiger partial charge in [0.2, 0.25) is 0 Å². The number of hydrogen-bond acceptors (Lipinski definition) is 1. The van der Waals surface area contributed by atoms with Crippen LogP contribution in [0.2, 0.25) is 0 Å². The molecule has 0 fully saturated rings. The average Bonchev–Trinajstić information content (AvgIpc) is 2.50. The van der Waals surface area contributed by atoms with Gasteiger partial charge in [-0.3, -0.25) is 0 Å². The van der Waals surface area contributed by atoms with Crippen LogP contribution in [-0.2, 0) is 0 Å². The molecule has 0 saturated carbocycles. The SMILES string of the molecule is CCCCCCCCCCCC(CCCCCCC)[NH+](C)[O-]. The quantitative estimate of drug-likeness (QED) is 0.273. The second-order valence-electron chi connectivity index (χ2n) is 7.13. The summed E-state index contributed by atoms with van der Waals surface area (Å²) in [6, 6.07) is 0.353. The summed E-state index contributed by atoms with van der Waals surface area (Å²) >= 11 is 0. The summed E-state index contributed by atoms with van der Waals surface area (Å²) in [5.41, 5.74) is 0. The van der Waals surface area contributed by atoms with Gasteiger partial charge in [-0.15, -0.1) is 0 Å². The van der Waals surface area contributed by atoms with Crippen LogP contribution in [0.1, 0.15) is 117 Å². The van der Waals surface area contributed by atoms with Crippen molar-refractivity contribution >= 4 is 0 Å². The van der Waals surface area contributed by atoms with Gasteiger partial charge in [-0.2, -0.15) is 0 Å². The molecule has 0 heterocycles. The van der Waals surface area contributed by atoms with Crippen molar-refractivity contribution in [1.82, 2.24) is 0 Å². The Hall–Kier alpha value is -0.0800. The van der Waals surface area contributed by atoms with E-state index in [-0.39, 0.29) is 0 Å². The highest BCUT2D eigenvalue weighted by atomic mass is 16.5. The normalized spacial score (nSPS) is 14.2. The molecule has 0 aromatic heterocycles.